The van der Waals surface area contributed by atoms with Crippen LogP contribution >= 0.6 is 0 Å². The number of ether oxygens (including phenoxy) is 1. The van der Waals surface area contributed by atoms with E-state index >= 15 is 0 Å². The maximum Gasteiger partial charge on any atom is 0.416 e. The zero-order valence-electron chi connectivity index (χ0n) is 11.0. The van der Waals surface area contributed by atoms with Crippen molar-refractivity contribution >= 4 is 17.8 Å². The van der Waals surface area contributed by atoms with Crippen molar-refractivity contribution in [1.29, 1.82) is 0 Å². The van der Waals surface area contributed by atoms with Crippen LogP contribution in [0.5, 0.6) is 0 Å². The Balaban J connectivity index is 3.39. The van der Waals surface area contributed by atoms with Crippen LogP contribution in [0.25, 0.3) is 6.08 Å². The normalized spacial score (nSPS) is 12.2. The number of rotatable bonds is 4. The predicted octanol–water partition coefficient (Wildman–Crippen LogP) is 3.24. The number of hydrogen-bond donors (Lipinski definition) is 0. The summed E-state index contributed by atoms with van der Waals surface area (Å²) in [6.45, 7) is 1.51. The van der Waals surface area contributed by atoms with Crippen LogP contribution < -0.4 is 0 Å². The maximum atomic E-state index is 12.8. The lowest BCUT2D eigenvalue weighted by Crippen LogP contribution is -2.14. The van der Waals surface area contributed by atoms with Crippen molar-refractivity contribution in [3.8, 4) is 0 Å². The second kappa shape index (κ2) is 6.36. The topological polar surface area (TPSA) is 43.4 Å². The molecule has 0 atom stereocenters. The van der Waals surface area contributed by atoms with Crippen LogP contribution in [0.4, 0.5) is 13.2 Å². The lowest BCUT2D eigenvalue weighted by Gasteiger charge is -2.11. The van der Waals surface area contributed by atoms with Crippen LogP contribution in [-0.4, -0.2) is 18.9 Å². The van der Waals surface area contributed by atoms with Gasteiger partial charge in [-0.15, -0.1) is 0 Å². The van der Waals surface area contributed by atoms with Crippen molar-refractivity contribution in [1.82, 2.24) is 0 Å². The molecule has 108 valence electrons. The molecule has 1 aromatic rings. The molecule has 20 heavy (non-hydrogen) atoms. The number of alkyl halides is 3. The van der Waals surface area contributed by atoms with Crippen molar-refractivity contribution in [2.45, 2.75) is 19.5 Å². The first-order valence-electron chi connectivity index (χ1n) is 5.80. The first kappa shape index (κ1) is 15.9. The molecule has 0 spiro atoms. The highest BCUT2D eigenvalue weighted by atomic mass is 19.4. The molecule has 0 aliphatic carbocycles. The van der Waals surface area contributed by atoms with E-state index in [2.05, 4.69) is 4.74 Å². The van der Waals surface area contributed by atoms with Crippen molar-refractivity contribution < 1.29 is 27.5 Å². The Morgan fingerprint density at radius 1 is 1.25 bits per heavy atom. The second-order valence-electron chi connectivity index (χ2n) is 3.91. The average Bonchev–Trinajstić information content (AvgIpc) is 2.42. The lowest BCUT2D eigenvalue weighted by molar-refractivity contribution is -0.139. The first-order valence-corrected chi connectivity index (χ1v) is 5.80. The highest BCUT2D eigenvalue weighted by molar-refractivity contribution is 6.20. The summed E-state index contributed by atoms with van der Waals surface area (Å²) in [5.41, 5.74) is -1.56. The summed E-state index contributed by atoms with van der Waals surface area (Å²) in [5.74, 6) is -1.53. The Morgan fingerprint density at radius 2 is 1.85 bits per heavy atom. The molecule has 6 heteroatoms. The number of hydrogen-bond acceptors (Lipinski definition) is 3. The summed E-state index contributed by atoms with van der Waals surface area (Å²) >= 11 is 0. The van der Waals surface area contributed by atoms with E-state index in [0.717, 1.165) is 19.3 Å². The van der Waals surface area contributed by atoms with Gasteiger partial charge < -0.3 is 4.74 Å². The zero-order chi connectivity index (χ0) is 15.3. The molecule has 0 bridgehead atoms. The molecule has 0 aromatic heterocycles. The average molecular weight is 286 g/mol. The highest BCUT2D eigenvalue weighted by Gasteiger charge is 2.33. The number of ketones is 1. The quantitative estimate of drug-likeness (QED) is 0.369. The molecule has 0 aliphatic rings. The molecule has 0 amide bonds. The van der Waals surface area contributed by atoms with Gasteiger partial charge >= 0.3 is 12.1 Å². The summed E-state index contributed by atoms with van der Waals surface area (Å²) in [4.78, 5) is 23.1. The van der Waals surface area contributed by atoms with Gasteiger partial charge in [0.25, 0.3) is 0 Å². The van der Waals surface area contributed by atoms with Crippen molar-refractivity contribution in [2.24, 2.45) is 0 Å². The summed E-state index contributed by atoms with van der Waals surface area (Å²) in [6.07, 6.45) is -3.65. The molecule has 0 saturated heterocycles. The number of esters is 1. The van der Waals surface area contributed by atoms with Gasteiger partial charge in [-0.05, 0) is 17.7 Å². The Bertz CT molecular complexity index is 527. The number of halogens is 3. The number of carbonyl (C=O) groups excluding carboxylic acids is 2. The van der Waals surface area contributed by atoms with E-state index < -0.39 is 29.1 Å². The van der Waals surface area contributed by atoms with E-state index in [1.807, 2.05) is 0 Å². The SMILES string of the molecule is CCC(=O)/C(=C/c1ccccc1C(F)(F)F)C(=O)OC. The fraction of sp³-hybridized carbons (Fsp3) is 0.286. The van der Waals surface area contributed by atoms with Crippen LogP contribution in [0.15, 0.2) is 29.8 Å². The van der Waals surface area contributed by atoms with Gasteiger partial charge in [-0.25, -0.2) is 4.79 Å². The second-order valence-corrected chi connectivity index (χ2v) is 3.91. The molecular formula is C14H13F3O3. The zero-order valence-corrected chi connectivity index (χ0v) is 11.0. The number of benzene rings is 1. The van der Waals surface area contributed by atoms with Crippen molar-refractivity contribution in [3.05, 3.63) is 41.0 Å². The van der Waals surface area contributed by atoms with Gasteiger partial charge in [0.15, 0.2) is 5.78 Å². The molecule has 0 N–H and O–H groups in total. The number of methoxy groups -OCH3 is 1. The third-order valence-electron chi connectivity index (χ3n) is 2.59. The molecule has 0 radical (unpaired) electrons. The van der Waals surface area contributed by atoms with Gasteiger partial charge in [0.1, 0.15) is 5.57 Å². The molecular weight excluding hydrogens is 273 g/mol. The third kappa shape index (κ3) is 3.69. The minimum atomic E-state index is -4.57. The smallest absolute Gasteiger partial charge is 0.416 e. The Hall–Kier alpha value is -2.11. The van der Waals surface area contributed by atoms with Crippen LogP contribution in [-0.2, 0) is 20.5 Å². The van der Waals surface area contributed by atoms with Crippen molar-refractivity contribution in [2.75, 3.05) is 7.11 Å². The fourth-order valence-corrected chi connectivity index (χ4v) is 1.59. The Labute approximate surface area is 114 Å². The van der Waals surface area contributed by atoms with E-state index in [9.17, 15) is 22.8 Å². The van der Waals surface area contributed by atoms with Crippen LogP contribution in [0.1, 0.15) is 24.5 Å². The van der Waals surface area contributed by atoms with Gasteiger partial charge in [-0.3, -0.25) is 4.79 Å². The Morgan fingerprint density at radius 3 is 2.35 bits per heavy atom. The number of carbonyl (C=O) groups is 2. The summed E-state index contributed by atoms with van der Waals surface area (Å²) in [7, 11) is 1.06. The van der Waals surface area contributed by atoms with Gasteiger partial charge in [0, 0.05) is 6.42 Å². The molecule has 1 aromatic carbocycles. The summed E-state index contributed by atoms with van der Waals surface area (Å²) < 4.78 is 42.9. The minimum absolute atomic E-state index is 0.00484. The third-order valence-corrected chi connectivity index (χ3v) is 2.59. The Kier molecular flexibility index (Phi) is 5.07. The standard InChI is InChI=1S/C14H13F3O3/c1-3-12(18)10(13(19)20-2)8-9-6-4-5-7-11(9)14(15,16)17/h4-8H,3H2,1-2H3/b10-8-. The monoisotopic (exact) mass is 286 g/mol. The summed E-state index contributed by atoms with van der Waals surface area (Å²) in [6, 6.07) is 4.71. The minimum Gasteiger partial charge on any atom is -0.465 e. The van der Waals surface area contributed by atoms with Crippen molar-refractivity contribution in [3.63, 3.8) is 0 Å². The first-order chi connectivity index (χ1) is 9.31. The van der Waals surface area contributed by atoms with Gasteiger partial charge in [0.05, 0.1) is 12.7 Å². The van der Waals surface area contributed by atoms with E-state index in [4.69, 9.17) is 0 Å². The predicted molar refractivity (Wildman–Crippen MR) is 66.7 cm³/mol. The summed E-state index contributed by atoms with van der Waals surface area (Å²) in [5, 5.41) is 0. The van der Waals surface area contributed by atoms with Crippen LogP contribution in [0.2, 0.25) is 0 Å². The van der Waals surface area contributed by atoms with Gasteiger partial charge in [-0.2, -0.15) is 13.2 Å². The molecule has 1 rings (SSSR count). The highest BCUT2D eigenvalue weighted by Crippen LogP contribution is 2.33. The fourth-order valence-electron chi connectivity index (χ4n) is 1.59. The molecule has 0 aliphatic heterocycles. The van der Waals surface area contributed by atoms with Crippen LogP contribution in [0.3, 0.4) is 0 Å². The molecule has 0 unspecified atom stereocenters. The largest absolute Gasteiger partial charge is 0.465 e. The van der Waals surface area contributed by atoms with Crippen LogP contribution in [0, 0.1) is 0 Å². The number of Topliss-reactive ketones (excluding diaryl/α,β-unsaturated/α-hetero) is 1. The van der Waals surface area contributed by atoms with E-state index in [1.54, 1.807) is 0 Å². The molecule has 0 fully saturated rings. The van der Waals surface area contributed by atoms with E-state index in [0.29, 0.717) is 0 Å². The van der Waals surface area contributed by atoms with Gasteiger partial charge in [-0.1, -0.05) is 25.1 Å². The van der Waals surface area contributed by atoms with Gasteiger partial charge in [0.2, 0.25) is 0 Å². The van der Waals surface area contributed by atoms with E-state index in [1.165, 1.54) is 25.1 Å². The maximum absolute atomic E-state index is 12.8. The lowest BCUT2D eigenvalue weighted by atomic mass is 10.0. The van der Waals surface area contributed by atoms with E-state index in [-0.39, 0.29) is 12.0 Å². The molecule has 0 saturated carbocycles. The molecule has 3 nitrogen and oxygen atoms in total. The molecule has 0 heterocycles.